The van der Waals surface area contributed by atoms with Gasteiger partial charge in [0.25, 0.3) is 5.91 Å². The second kappa shape index (κ2) is 6.93. The Kier molecular flexibility index (Phi) is 4.99. The molecule has 21 heavy (non-hydrogen) atoms. The fraction of sp³-hybridized carbons (Fsp3) is 0.278. The maximum absolute atomic E-state index is 12.6. The number of aryl methyl sites for hydroxylation is 2. The van der Waals surface area contributed by atoms with Crippen molar-refractivity contribution in [2.75, 3.05) is 17.2 Å². The lowest BCUT2D eigenvalue weighted by atomic mass is 10.1. The van der Waals surface area contributed by atoms with Gasteiger partial charge in [0, 0.05) is 17.9 Å². The Bertz CT molecular complexity index is 615. The van der Waals surface area contributed by atoms with E-state index < -0.39 is 0 Å². The molecule has 110 valence electrons. The fourth-order valence-electron chi connectivity index (χ4n) is 2.29. The summed E-state index contributed by atoms with van der Waals surface area (Å²) in [5.74, 6) is -0.0772. The number of benzene rings is 2. The van der Waals surface area contributed by atoms with Crippen molar-refractivity contribution in [2.45, 2.75) is 27.2 Å². The van der Waals surface area contributed by atoms with Gasteiger partial charge in [-0.25, -0.2) is 0 Å². The third kappa shape index (κ3) is 3.63. The Hall–Kier alpha value is -2.29. The van der Waals surface area contributed by atoms with Crippen molar-refractivity contribution < 1.29 is 4.79 Å². The van der Waals surface area contributed by atoms with Crippen molar-refractivity contribution in [3.05, 3.63) is 59.2 Å². The van der Waals surface area contributed by atoms with Crippen molar-refractivity contribution >= 4 is 17.3 Å². The van der Waals surface area contributed by atoms with Crippen LogP contribution in [0.2, 0.25) is 0 Å². The van der Waals surface area contributed by atoms with E-state index in [1.54, 1.807) is 0 Å². The van der Waals surface area contributed by atoms with E-state index >= 15 is 0 Å². The molecule has 0 heterocycles. The monoisotopic (exact) mass is 282 g/mol. The molecule has 0 atom stereocenters. The molecule has 0 bridgehead atoms. The van der Waals surface area contributed by atoms with Crippen molar-refractivity contribution in [2.24, 2.45) is 0 Å². The summed E-state index contributed by atoms with van der Waals surface area (Å²) < 4.78 is 0. The van der Waals surface area contributed by atoms with Gasteiger partial charge in [0.2, 0.25) is 0 Å². The van der Waals surface area contributed by atoms with Gasteiger partial charge in [-0.1, -0.05) is 37.3 Å². The molecule has 3 heteroatoms. The standard InChI is InChI=1S/C18H22N2O/c1-4-12-19-16-11-6-5-10-15(16)18(21)20-17-13(2)8-7-9-14(17)3/h5-11,19H,4,12H2,1-3H3,(H,20,21). The molecule has 0 aliphatic rings. The number of carbonyl (C=O) groups is 1. The van der Waals surface area contributed by atoms with Crippen LogP contribution in [0.5, 0.6) is 0 Å². The van der Waals surface area contributed by atoms with Crippen LogP contribution >= 0.6 is 0 Å². The summed E-state index contributed by atoms with van der Waals surface area (Å²) >= 11 is 0. The molecule has 0 aliphatic carbocycles. The zero-order chi connectivity index (χ0) is 15.2. The van der Waals surface area contributed by atoms with Crippen molar-refractivity contribution in [3.8, 4) is 0 Å². The number of rotatable bonds is 5. The second-order valence-electron chi connectivity index (χ2n) is 5.19. The highest BCUT2D eigenvalue weighted by Gasteiger charge is 2.12. The smallest absolute Gasteiger partial charge is 0.257 e. The topological polar surface area (TPSA) is 41.1 Å². The molecule has 2 rings (SSSR count). The van der Waals surface area contributed by atoms with E-state index in [2.05, 4.69) is 17.6 Å². The van der Waals surface area contributed by atoms with Crippen LogP contribution in [0.3, 0.4) is 0 Å². The van der Waals surface area contributed by atoms with Crippen molar-refractivity contribution in [1.29, 1.82) is 0 Å². The lowest BCUT2D eigenvalue weighted by Gasteiger charge is -2.14. The minimum absolute atomic E-state index is 0.0772. The molecular formula is C18H22N2O. The van der Waals surface area contributed by atoms with Gasteiger partial charge in [-0.05, 0) is 43.5 Å². The molecule has 2 aromatic rings. The summed E-state index contributed by atoms with van der Waals surface area (Å²) in [5, 5.41) is 6.33. The Morgan fingerprint density at radius 2 is 1.67 bits per heavy atom. The van der Waals surface area contributed by atoms with Gasteiger partial charge >= 0.3 is 0 Å². The van der Waals surface area contributed by atoms with Crippen LogP contribution in [0.25, 0.3) is 0 Å². The molecule has 0 spiro atoms. The number of hydrogen-bond acceptors (Lipinski definition) is 2. The summed E-state index contributed by atoms with van der Waals surface area (Å²) in [7, 11) is 0. The highest BCUT2D eigenvalue weighted by Crippen LogP contribution is 2.22. The zero-order valence-corrected chi connectivity index (χ0v) is 12.9. The Balaban J connectivity index is 2.25. The molecule has 0 radical (unpaired) electrons. The number of hydrogen-bond donors (Lipinski definition) is 2. The minimum atomic E-state index is -0.0772. The summed E-state index contributed by atoms with van der Waals surface area (Å²) in [6.07, 6.45) is 1.02. The van der Waals surface area contributed by atoms with E-state index in [0.29, 0.717) is 5.56 Å². The lowest BCUT2D eigenvalue weighted by Crippen LogP contribution is -2.16. The van der Waals surface area contributed by atoms with E-state index in [1.807, 2.05) is 56.3 Å². The van der Waals surface area contributed by atoms with Gasteiger partial charge in [0.1, 0.15) is 0 Å². The summed E-state index contributed by atoms with van der Waals surface area (Å²) in [5.41, 5.74) is 4.59. The van der Waals surface area contributed by atoms with Gasteiger partial charge in [0.05, 0.1) is 5.56 Å². The van der Waals surface area contributed by atoms with E-state index in [0.717, 1.165) is 35.5 Å². The van der Waals surface area contributed by atoms with Gasteiger partial charge in [-0.15, -0.1) is 0 Å². The van der Waals surface area contributed by atoms with Gasteiger partial charge in [0.15, 0.2) is 0 Å². The first kappa shape index (κ1) is 15.1. The van der Waals surface area contributed by atoms with Crippen LogP contribution < -0.4 is 10.6 Å². The SMILES string of the molecule is CCCNc1ccccc1C(=O)Nc1c(C)cccc1C. The van der Waals surface area contributed by atoms with Crippen LogP contribution in [0.4, 0.5) is 11.4 Å². The first-order valence-corrected chi connectivity index (χ1v) is 7.34. The molecular weight excluding hydrogens is 260 g/mol. The highest BCUT2D eigenvalue weighted by molar-refractivity contribution is 6.08. The van der Waals surface area contributed by atoms with Crippen LogP contribution in [0.15, 0.2) is 42.5 Å². The van der Waals surface area contributed by atoms with Crippen molar-refractivity contribution in [3.63, 3.8) is 0 Å². The van der Waals surface area contributed by atoms with Crippen LogP contribution in [0.1, 0.15) is 34.8 Å². The Morgan fingerprint density at radius 1 is 1.00 bits per heavy atom. The second-order valence-corrected chi connectivity index (χ2v) is 5.19. The molecule has 0 fully saturated rings. The van der Waals surface area contributed by atoms with Crippen LogP contribution in [-0.2, 0) is 0 Å². The number of carbonyl (C=O) groups excluding carboxylic acids is 1. The fourth-order valence-corrected chi connectivity index (χ4v) is 2.29. The number of amides is 1. The largest absolute Gasteiger partial charge is 0.384 e. The average Bonchev–Trinajstić information content (AvgIpc) is 2.49. The maximum Gasteiger partial charge on any atom is 0.257 e. The lowest BCUT2D eigenvalue weighted by molar-refractivity contribution is 0.102. The van der Waals surface area contributed by atoms with Gasteiger partial charge < -0.3 is 10.6 Å². The maximum atomic E-state index is 12.6. The highest BCUT2D eigenvalue weighted by atomic mass is 16.1. The normalized spacial score (nSPS) is 10.2. The molecule has 0 saturated heterocycles. The third-order valence-corrected chi connectivity index (χ3v) is 3.46. The summed E-state index contributed by atoms with van der Waals surface area (Å²) in [6, 6.07) is 13.6. The predicted octanol–water partition coefficient (Wildman–Crippen LogP) is 4.38. The summed E-state index contributed by atoms with van der Waals surface area (Å²) in [4.78, 5) is 12.6. The van der Waals surface area contributed by atoms with E-state index in [4.69, 9.17) is 0 Å². The predicted molar refractivity (Wildman–Crippen MR) is 89.1 cm³/mol. The molecule has 2 aromatic carbocycles. The van der Waals surface area contributed by atoms with E-state index in [-0.39, 0.29) is 5.91 Å². The van der Waals surface area contributed by atoms with E-state index in [1.165, 1.54) is 0 Å². The Labute approximate surface area is 126 Å². The summed E-state index contributed by atoms with van der Waals surface area (Å²) in [6.45, 7) is 6.97. The first-order chi connectivity index (χ1) is 10.1. The molecule has 2 N–H and O–H groups in total. The van der Waals surface area contributed by atoms with Crippen LogP contribution in [0, 0.1) is 13.8 Å². The molecule has 0 aromatic heterocycles. The zero-order valence-electron chi connectivity index (χ0n) is 12.9. The number of para-hydroxylation sites is 2. The average molecular weight is 282 g/mol. The minimum Gasteiger partial charge on any atom is -0.384 e. The number of nitrogens with one attached hydrogen (secondary N) is 2. The van der Waals surface area contributed by atoms with Crippen molar-refractivity contribution in [1.82, 2.24) is 0 Å². The third-order valence-electron chi connectivity index (χ3n) is 3.46. The molecule has 0 unspecified atom stereocenters. The molecule has 1 amide bonds. The van der Waals surface area contributed by atoms with Gasteiger partial charge in [-0.2, -0.15) is 0 Å². The molecule has 0 aliphatic heterocycles. The quantitative estimate of drug-likeness (QED) is 0.854. The Morgan fingerprint density at radius 3 is 2.33 bits per heavy atom. The van der Waals surface area contributed by atoms with Gasteiger partial charge in [-0.3, -0.25) is 4.79 Å². The van der Waals surface area contributed by atoms with Crippen LogP contribution in [-0.4, -0.2) is 12.5 Å². The number of anilines is 2. The first-order valence-electron chi connectivity index (χ1n) is 7.34. The molecule has 3 nitrogen and oxygen atoms in total. The van der Waals surface area contributed by atoms with E-state index in [9.17, 15) is 4.79 Å². The molecule has 0 saturated carbocycles.